The minimum absolute atomic E-state index is 0.0622. The molecule has 0 saturated carbocycles. The van der Waals surface area contributed by atoms with Crippen LogP contribution in [-0.2, 0) is 0 Å². The second-order valence-electron chi connectivity index (χ2n) is 8.43. The summed E-state index contributed by atoms with van der Waals surface area (Å²) >= 11 is 1.06. The molecular formula is C19H22F17I. The zero-order chi connectivity index (χ0) is 30.1. The van der Waals surface area contributed by atoms with E-state index in [1.807, 2.05) is 6.92 Å². The molecular weight excluding hydrogens is 678 g/mol. The zero-order valence-electron chi connectivity index (χ0n) is 18.9. The molecule has 37 heavy (non-hydrogen) atoms. The van der Waals surface area contributed by atoms with Gasteiger partial charge in [0.05, 0.1) is 0 Å². The molecule has 0 rings (SSSR count). The van der Waals surface area contributed by atoms with Gasteiger partial charge in [-0.25, -0.2) is 0 Å². The van der Waals surface area contributed by atoms with E-state index in [1.165, 1.54) is 0 Å². The summed E-state index contributed by atoms with van der Waals surface area (Å²) in [6.07, 6.45) is -4.82. The highest BCUT2D eigenvalue weighted by Crippen LogP contribution is 2.64. The Morgan fingerprint density at radius 3 is 1.19 bits per heavy atom. The molecule has 0 radical (unpaired) electrons. The van der Waals surface area contributed by atoms with E-state index >= 15 is 0 Å². The maximum Gasteiger partial charge on any atom is 0.460 e. The molecule has 0 N–H and O–H groups in total. The Labute approximate surface area is 213 Å². The Hall–Kier alpha value is -0.460. The maximum absolute atomic E-state index is 14.3. The Morgan fingerprint density at radius 1 is 0.486 bits per heavy atom. The monoisotopic (exact) mass is 700 g/mol. The second kappa shape index (κ2) is 11.6. The van der Waals surface area contributed by atoms with Crippen molar-refractivity contribution in [3.05, 3.63) is 0 Å². The molecule has 0 aromatic rings. The first-order valence-electron chi connectivity index (χ1n) is 10.5. The first kappa shape index (κ1) is 36.5. The first-order chi connectivity index (χ1) is 16.1. The van der Waals surface area contributed by atoms with Gasteiger partial charge in [-0.15, -0.1) is 0 Å². The quantitative estimate of drug-likeness (QED) is 0.0691. The van der Waals surface area contributed by atoms with Gasteiger partial charge in [0, 0.05) is 9.84 Å². The fraction of sp³-hybridized carbons (Fsp3) is 1.00. The van der Waals surface area contributed by atoms with E-state index in [4.69, 9.17) is 0 Å². The van der Waals surface area contributed by atoms with Gasteiger partial charge in [0.2, 0.25) is 0 Å². The molecule has 0 bridgehead atoms. The van der Waals surface area contributed by atoms with Gasteiger partial charge in [-0.3, -0.25) is 0 Å². The van der Waals surface area contributed by atoms with Gasteiger partial charge in [-0.05, 0) is 6.42 Å². The number of halogens is 18. The lowest BCUT2D eigenvalue weighted by molar-refractivity contribution is -0.463. The number of hydrogen-bond acceptors (Lipinski definition) is 0. The van der Waals surface area contributed by atoms with Crippen LogP contribution in [0.5, 0.6) is 0 Å². The smallest absolute Gasteiger partial charge is 0.199 e. The Kier molecular flexibility index (Phi) is 11.4. The lowest BCUT2D eigenvalue weighted by Crippen LogP contribution is -2.75. The van der Waals surface area contributed by atoms with Crippen LogP contribution < -0.4 is 0 Å². The van der Waals surface area contributed by atoms with Crippen molar-refractivity contribution in [2.45, 2.75) is 110 Å². The Bertz CT molecular complexity index is 729. The largest absolute Gasteiger partial charge is 0.460 e. The van der Waals surface area contributed by atoms with Crippen LogP contribution in [0.1, 0.15) is 58.8 Å². The molecule has 0 amide bonds. The van der Waals surface area contributed by atoms with E-state index in [0.717, 1.165) is 35.4 Å². The molecule has 0 spiro atoms. The third-order valence-corrected chi connectivity index (χ3v) is 7.40. The molecule has 2 unspecified atom stereocenters. The van der Waals surface area contributed by atoms with Crippen molar-refractivity contribution in [3.63, 3.8) is 0 Å². The van der Waals surface area contributed by atoms with Crippen molar-refractivity contribution in [3.8, 4) is 0 Å². The third-order valence-electron chi connectivity index (χ3n) is 5.69. The van der Waals surface area contributed by atoms with Crippen molar-refractivity contribution >= 4 is 22.6 Å². The zero-order valence-corrected chi connectivity index (χ0v) is 21.1. The highest BCUT2D eigenvalue weighted by Gasteiger charge is 2.95. The van der Waals surface area contributed by atoms with E-state index in [1.54, 1.807) is 0 Å². The lowest BCUT2D eigenvalue weighted by Gasteiger charge is -2.44. The normalized spacial score (nSPS) is 17.2. The van der Waals surface area contributed by atoms with Gasteiger partial charge in [0.15, 0.2) is 0 Å². The highest BCUT2D eigenvalue weighted by atomic mass is 127. The van der Waals surface area contributed by atoms with Crippen molar-refractivity contribution < 1.29 is 74.6 Å². The average molecular weight is 700 g/mol. The molecule has 18 heteroatoms. The molecule has 0 saturated heterocycles. The number of rotatable bonds is 15. The van der Waals surface area contributed by atoms with Crippen molar-refractivity contribution in [2.24, 2.45) is 5.92 Å². The van der Waals surface area contributed by atoms with Gasteiger partial charge < -0.3 is 0 Å². The van der Waals surface area contributed by atoms with Crippen LogP contribution in [0.25, 0.3) is 0 Å². The van der Waals surface area contributed by atoms with E-state index in [-0.39, 0.29) is 19.8 Å². The Balaban J connectivity index is 6.20. The summed E-state index contributed by atoms with van der Waals surface area (Å²) in [5.74, 6) is -58.9. The average Bonchev–Trinajstić information content (AvgIpc) is 2.73. The van der Waals surface area contributed by atoms with Gasteiger partial charge >= 0.3 is 47.6 Å². The van der Waals surface area contributed by atoms with E-state index in [9.17, 15) is 74.6 Å². The van der Waals surface area contributed by atoms with Crippen LogP contribution in [-0.4, -0.2) is 51.6 Å². The second-order valence-corrected chi connectivity index (χ2v) is 10.0. The minimum atomic E-state index is -8.59. The fourth-order valence-electron chi connectivity index (χ4n) is 3.06. The van der Waals surface area contributed by atoms with Crippen molar-refractivity contribution in [1.82, 2.24) is 0 Å². The topological polar surface area (TPSA) is 0 Å². The van der Waals surface area contributed by atoms with Crippen LogP contribution in [0, 0.1) is 5.92 Å². The summed E-state index contributed by atoms with van der Waals surface area (Å²) in [6, 6.07) is 0. The molecule has 0 aromatic heterocycles. The molecule has 0 fully saturated rings. The third kappa shape index (κ3) is 6.16. The summed E-state index contributed by atoms with van der Waals surface area (Å²) in [7, 11) is 0. The maximum atomic E-state index is 14.3. The van der Waals surface area contributed by atoms with Crippen LogP contribution in [0.3, 0.4) is 0 Å². The van der Waals surface area contributed by atoms with Crippen molar-refractivity contribution in [2.75, 3.05) is 0 Å². The molecule has 0 nitrogen and oxygen atoms in total. The molecule has 0 aliphatic rings. The van der Waals surface area contributed by atoms with Crippen LogP contribution in [0.2, 0.25) is 0 Å². The van der Waals surface area contributed by atoms with Crippen LogP contribution in [0.4, 0.5) is 74.6 Å². The van der Waals surface area contributed by atoms with E-state index in [0.29, 0.717) is 19.3 Å². The standard InChI is InChI=1S/C19H22F17I/c1-3-4-5-6-7-8-9-11(37)10(2)12(20,21)13(22,23)14(24,25)15(26,27)16(28,29)17(30,31)18(32,33)19(34,35)36/h10-11H,3-9H2,1-2H3. The lowest BCUT2D eigenvalue weighted by atomic mass is 9.84. The fourth-order valence-corrected chi connectivity index (χ4v) is 3.95. The molecule has 2 atom stereocenters. The molecule has 224 valence electrons. The SMILES string of the molecule is CCCCCCCCC(I)C(C)C(F)(F)C(F)(F)C(F)(F)C(F)(F)C(F)(F)C(F)(F)C(F)(F)C(F)(F)F. The van der Waals surface area contributed by atoms with Gasteiger partial charge in [0.1, 0.15) is 0 Å². The number of unbranched alkanes of at least 4 members (excludes halogenated alkanes) is 5. The van der Waals surface area contributed by atoms with Gasteiger partial charge in [-0.1, -0.05) is 75.0 Å². The summed E-state index contributed by atoms with van der Waals surface area (Å²) in [4.78, 5) is 0. The summed E-state index contributed by atoms with van der Waals surface area (Å²) < 4.78 is 226. The molecule has 0 aromatic carbocycles. The number of alkyl halides is 18. The van der Waals surface area contributed by atoms with Crippen LogP contribution in [0.15, 0.2) is 0 Å². The summed E-state index contributed by atoms with van der Waals surface area (Å²) in [5, 5.41) is 0. The van der Waals surface area contributed by atoms with Gasteiger partial charge in [0.25, 0.3) is 0 Å². The highest BCUT2D eigenvalue weighted by molar-refractivity contribution is 14.1. The minimum Gasteiger partial charge on any atom is -0.199 e. The van der Waals surface area contributed by atoms with E-state index in [2.05, 4.69) is 0 Å². The molecule has 0 aliphatic heterocycles. The predicted octanol–water partition coefficient (Wildman–Crippen LogP) is 10.2. The number of hydrogen-bond donors (Lipinski definition) is 0. The summed E-state index contributed by atoms with van der Waals surface area (Å²) in [6.45, 7) is 2.00. The van der Waals surface area contributed by atoms with Gasteiger partial charge in [-0.2, -0.15) is 74.6 Å². The van der Waals surface area contributed by atoms with E-state index < -0.39 is 57.5 Å². The predicted molar refractivity (Wildman–Crippen MR) is 106 cm³/mol. The molecule has 0 aliphatic carbocycles. The van der Waals surface area contributed by atoms with Crippen molar-refractivity contribution in [1.29, 1.82) is 0 Å². The summed E-state index contributed by atoms with van der Waals surface area (Å²) in [5.41, 5.74) is 0. The van der Waals surface area contributed by atoms with Crippen LogP contribution >= 0.6 is 22.6 Å². The Morgan fingerprint density at radius 2 is 0.811 bits per heavy atom. The molecule has 0 heterocycles. The first-order valence-corrected chi connectivity index (χ1v) is 11.7.